The molecule has 0 aromatic heterocycles. The highest BCUT2D eigenvalue weighted by atomic mass is 15.0. The molecule has 1 nitrogen and oxygen atoms in total. The van der Waals surface area contributed by atoms with E-state index in [4.69, 9.17) is 0 Å². The first-order valence-electron chi connectivity index (χ1n) is 8.30. The van der Waals surface area contributed by atoms with Crippen LogP contribution in [0, 0.1) is 11.3 Å². The van der Waals surface area contributed by atoms with Gasteiger partial charge in [0.2, 0.25) is 0 Å². The Morgan fingerprint density at radius 1 is 1.05 bits per heavy atom. The first kappa shape index (κ1) is 14.1. The minimum Gasteiger partial charge on any atom is -0.315 e. The van der Waals surface area contributed by atoms with E-state index >= 15 is 0 Å². The monoisotopic (exact) mass is 271 g/mol. The van der Waals surface area contributed by atoms with Crippen molar-refractivity contribution in [3.05, 3.63) is 35.4 Å². The van der Waals surface area contributed by atoms with Gasteiger partial charge in [-0.3, -0.25) is 0 Å². The SMILES string of the molecule is CC(C)(C)c1ccc(CC2(C3CCCC3)CNC2)cc1. The van der Waals surface area contributed by atoms with Crippen molar-refractivity contribution in [3.63, 3.8) is 0 Å². The van der Waals surface area contributed by atoms with E-state index in [2.05, 4.69) is 50.4 Å². The van der Waals surface area contributed by atoms with Crippen molar-refractivity contribution in [1.82, 2.24) is 5.32 Å². The van der Waals surface area contributed by atoms with Crippen LogP contribution in [0.3, 0.4) is 0 Å². The van der Waals surface area contributed by atoms with E-state index in [0.717, 1.165) is 5.92 Å². The van der Waals surface area contributed by atoms with Crippen LogP contribution in [0.15, 0.2) is 24.3 Å². The minimum atomic E-state index is 0.264. The summed E-state index contributed by atoms with van der Waals surface area (Å²) in [7, 11) is 0. The number of hydrogen-bond donors (Lipinski definition) is 1. The van der Waals surface area contributed by atoms with Gasteiger partial charge >= 0.3 is 0 Å². The fraction of sp³-hybridized carbons (Fsp3) is 0.684. The number of nitrogens with one attached hydrogen (secondary N) is 1. The van der Waals surface area contributed by atoms with Crippen molar-refractivity contribution >= 4 is 0 Å². The molecule has 1 N–H and O–H groups in total. The van der Waals surface area contributed by atoms with Crippen molar-refractivity contribution in [2.45, 2.75) is 58.3 Å². The zero-order chi connectivity index (χ0) is 14.2. The maximum atomic E-state index is 3.53. The van der Waals surface area contributed by atoms with Crippen LogP contribution in [0.1, 0.15) is 57.6 Å². The van der Waals surface area contributed by atoms with Gasteiger partial charge in [0.15, 0.2) is 0 Å². The standard InChI is InChI=1S/C19H29N/c1-18(2,3)16-10-8-15(9-11-16)12-19(13-20-14-19)17-6-4-5-7-17/h8-11,17,20H,4-7,12-14H2,1-3H3. The maximum absolute atomic E-state index is 3.53. The highest BCUT2D eigenvalue weighted by molar-refractivity contribution is 5.28. The average Bonchev–Trinajstić information content (AvgIpc) is 2.87. The summed E-state index contributed by atoms with van der Waals surface area (Å²) < 4.78 is 0. The Kier molecular flexibility index (Phi) is 3.66. The lowest BCUT2D eigenvalue weighted by Gasteiger charge is -2.48. The Balaban J connectivity index is 1.73. The fourth-order valence-corrected chi connectivity index (χ4v) is 4.07. The van der Waals surface area contributed by atoms with Crippen molar-refractivity contribution in [3.8, 4) is 0 Å². The highest BCUT2D eigenvalue weighted by Gasteiger charge is 2.44. The van der Waals surface area contributed by atoms with Crippen molar-refractivity contribution < 1.29 is 0 Å². The maximum Gasteiger partial charge on any atom is 0.00261 e. The van der Waals surface area contributed by atoms with E-state index in [0.29, 0.717) is 5.41 Å². The van der Waals surface area contributed by atoms with Crippen molar-refractivity contribution in [2.75, 3.05) is 13.1 Å². The number of benzene rings is 1. The quantitative estimate of drug-likeness (QED) is 0.864. The summed E-state index contributed by atoms with van der Waals surface area (Å²) >= 11 is 0. The summed E-state index contributed by atoms with van der Waals surface area (Å²) in [4.78, 5) is 0. The summed E-state index contributed by atoms with van der Waals surface area (Å²) in [6, 6.07) is 9.42. The molecule has 2 aliphatic rings. The van der Waals surface area contributed by atoms with Crippen LogP contribution in [-0.2, 0) is 11.8 Å². The van der Waals surface area contributed by atoms with Crippen LogP contribution in [-0.4, -0.2) is 13.1 Å². The molecule has 0 atom stereocenters. The molecular formula is C19H29N. The molecular weight excluding hydrogens is 242 g/mol. The van der Waals surface area contributed by atoms with Crippen LogP contribution in [0.4, 0.5) is 0 Å². The van der Waals surface area contributed by atoms with Crippen molar-refractivity contribution in [2.24, 2.45) is 11.3 Å². The second-order valence-electron chi connectivity index (χ2n) is 8.07. The number of rotatable bonds is 3. The molecule has 2 fully saturated rings. The summed E-state index contributed by atoms with van der Waals surface area (Å²) in [6.45, 7) is 9.34. The van der Waals surface area contributed by atoms with Gasteiger partial charge in [0.25, 0.3) is 0 Å². The molecule has 1 heteroatoms. The van der Waals surface area contributed by atoms with Gasteiger partial charge in [-0.2, -0.15) is 0 Å². The molecule has 1 aromatic carbocycles. The predicted octanol–water partition coefficient (Wildman–Crippen LogP) is 4.31. The van der Waals surface area contributed by atoms with Crippen LogP contribution in [0.25, 0.3) is 0 Å². The Morgan fingerprint density at radius 3 is 2.10 bits per heavy atom. The molecule has 1 saturated carbocycles. The summed E-state index contributed by atoms with van der Waals surface area (Å²) in [5.74, 6) is 0.964. The van der Waals surface area contributed by atoms with Gasteiger partial charge in [-0.05, 0) is 41.7 Å². The van der Waals surface area contributed by atoms with E-state index in [9.17, 15) is 0 Å². The minimum absolute atomic E-state index is 0.264. The lowest BCUT2D eigenvalue weighted by atomic mass is 9.66. The van der Waals surface area contributed by atoms with Gasteiger partial charge in [0, 0.05) is 18.5 Å². The summed E-state index contributed by atoms with van der Waals surface area (Å²) in [5, 5.41) is 3.53. The Labute approximate surface area is 124 Å². The van der Waals surface area contributed by atoms with Crippen LogP contribution >= 0.6 is 0 Å². The number of hydrogen-bond acceptors (Lipinski definition) is 1. The topological polar surface area (TPSA) is 12.0 Å². The molecule has 0 radical (unpaired) electrons. The average molecular weight is 271 g/mol. The normalized spacial score (nSPS) is 22.8. The van der Waals surface area contributed by atoms with E-state index in [1.165, 1.54) is 56.3 Å². The van der Waals surface area contributed by atoms with E-state index < -0.39 is 0 Å². The Morgan fingerprint density at radius 2 is 1.65 bits per heavy atom. The first-order chi connectivity index (χ1) is 9.50. The molecule has 20 heavy (non-hydrogen) atoms. The van der Waals surface area contributed by atoms with E-state index in [-0.39, 0.29) is 5.41 Å². The molecule has 0 unspecified atom stereocenters. The molecule has 0 bridgehead atoms. The highest BCUT2D eigenvalue weighted by Crippen LogP contribution is 2.44. The molecule has 1 heterocycles. The van der Waals surface area contributed by atoms with Crippen LogP contribution in [0.5, 0.6) is 0 Å². The molecule has 1 aliphatic carbocycles. The third kappa shape index (κ3) is 2.65. The molecule has 1 aliphatic heterocycles. The van der Waals surface area contributed by atoms with Gasteiger partial charge in [-0.15, -0.1) is 0 Å². The summed E-state index contributed by atoms with van der Waals surface area (Å²) in [6.07, 6.45) is 7.10. The van der Waals surface area contributed by atoms with Crippen LogP contribution in [0.2, 0.25) is 0 Å². The molecule has 0 amide bonds. The third-order valence-corrected chi connectivity index (χ3v) is 5.55. The zero-order valence-electron chi connectivity index (χ0n) is 13.3. The summed E-state index contributed by atoms with van der Waals surface area (Å²) in [5.41, 5.74) is 3.81. The zero-order valence-corrected chi connectivity index (χ0v) is 13.3. The molecule has 110 valence electrons. The molecule has 3 rings (SSSR count). The fourth-order valence-electron chi connectivity index (χ4n) is 4.07. The van der Waals surface area contributed by atoms with E-state index in [1.54, 1.807) is 0 Å². The molecule has 1 saturated heterocycles. The second kappa shape index (κ2) is 5.18. The Bertz CT molecular complexity index is 442. The van der Waals surface area contributed by atoms with E-state index in [1.807, 2.05) is 0 Å². The molecule has 1 aromatic rings. The van der Waals surface area contributed by atoms with Crippen LogP contribution < -0.4 is 5.32 Å². The first-order valence-corrected chi connectivity index (χ1v) is 8.30. The van der Waals surface area contributed by atoms with Gasteiger partial charge in [0.1, 0.15) is 0 Å². The largest absolute Gasteiger partial charge is 0.315 e. The predicted molar refractivity (Wildman–Crippen MR) is 86.1 cm³/mol. The van der Waals surface area contributed by atoms with Crippen molar-refractivity contribution in [1.29, 1.82) is 0 Å². The Hall–Kier alpha value is -0.820. The molecule has 0 spiro atoms. The van der Waals surface area contributed by atoms with Gasteiger partial charge < -0.3 is 5.32 Å². The smallest absolute Gasteiger partial charge is 0.00261 e. The van der Waals surface area contributed by atoms with Gasteiger partial charge in [0.05, 0.1) is 0 Å². The lowest BCUT2D eigenvalue weighted by molar-refractivity contribution is 0.0812. The van der Waals surface area contributed by atoms with Gasteiger partial charge in [-0.1, -0.05) is 57.9 Å². The third-order valence-electron chi connectivity index (χ3n) is 5.55. The second-order valence-corrected chi connectivity index (χ2v) is 8.07. The lowest BCUT2D eigenvalue weighted by Crippen LogP contribution is -2.58. The van der Waals surface area contributed by atoms with Gasteiger partial charge in [-0.25, -0.2) is 0 Å².